The molecule has 0 saturated heterocycles. The van der Waals surface area contributed by atoms with Crippen molar-refractivity contribution in [3.8, 4) is 6.07 Å². The minimum atomic E-state index is -1.41. The highest BCUT2D eigenvalue weighted by molar-refractivity contribution is 5.84. The van der Waals surface area contributed by atoms with Gasteiger partial charge in [-0.1, -0.05) is 13.0 Å². The maximum absolute atomic E-state index is 12.2. The van der Waals surface area contributed by atoms with Crippen LogP contribution in [0.5, 0.6) is 0 Å². The summed E-state index contributed by atoms with van der Waals surface area (Å²) < 4.78 is 5.00. The molecule has 0 aliphatic heterocycles. The zero-order valence-corrected chi connectivity index (χ0v) is 12.5. The first-order valence-electron chi connectivity index (χ1n) is 6.77. The van der Waals surface area contributed by atoms with E-state index in [0.717, 1.165) is 0 Å². The van der Waals surface area contributed by atoms with Gasteiger partial charge < -0.3 is 4.74 Å². The first kappa shape index (κ1) is 18.1. The molecule has 0 rings (SSSR count). The van der Waals surface area contributed by atoms with Crippen LogP contribution in [0.2, 0.25) is 0 Å². The number of rotatable bonds is 8. The number of esters is 1. The van der Waals surface area contributed by atoms with Gasteiger partial charge in [-0.3, -0.25) is 10.1 Å². The first-order chi connectivity index (χ1) is 9.39. The Hall–Kier alpha value is -1.90. The molecule has 0 saturated carbocycles. The van der Waals surface area contributed by atoms with Crippen LogP contribution in [0.25, 0.3) is 0 Å². The molecule has 0 fully saturated rings. The highest BCUT2D eigenvalue weighted by Crippen LogP contribution is 2.36. The Morgan fingerprint density at radius 1 is 1.55 bits per heavy atom. The number of carbonyl (C=O) groups excluding carboxylic acids is 1. The van der Waals surface area contributed by atoms with Crippen molar-refractivity contribution in [3.63, 3.8) is 0 Å². The SMILES string of the molecule is C/C=C(\CC)[C@](C#N)(CC[C@H](C)[N+](=O)[O-])C(=O)OCC. The minimum Gasteiger partial charge on any atom is -0.465 e. The third kappa shape index (κ3) is 4.05. The summed E-state index contributed by atoms with van der Waals surface area (Å²) in [6.07, 6.45) is 2.49. The van der Waals surface area contributed by atoms with Crippen LogP contribution >= 0.6 is 0 Å². The quantitative estimate of drug-likeness (QED) is 0.295. The maximum atomic E-state index is 12.2. The molecule has 0 aromatic carbocycles. The summed E-state index contributed by atoms with van der Waals surface area (Å²) in [5.74, 6) is -0.618. The largest absolute Gasteiger partial charge is 0.465 e. The zero-order chi connectivity index (χ0) is 15.8. The van der Waals surface area contributed by atoms with Crippen molar-refractivity contribution in [1.82, 2.24) is 0 Å². The lowest BCUT2D eigenvalue weighted by atomic mass is 9.75. The van der Waals surface area contributed by atoms with Gasteiger partial charge in [0.15, 0.2) is 5.41 Å². The third-order valence-corrected chi connectivity index (χ3v) is 3.39. The van der Waals surface area contributed by atoms with Gasteiger partial charge >= 0.3 is 5.97 Å². The Morgan fingerprint density at radius 2 is 2.15 bits per heavy atom. The monoisotopic (exact) mass is 282 g/mol. The lowest BCUT2D eigenvalue weighted by Crippen LogP contribution is -2.35. The van der Waals surface area contributed by atoms with E-state index in [-0.39, 0.29) is 19.4 Å². The molecule has 2 atom stereocenters. The van der Waals surface area contributed by atoms with Crippen molar-refractivity contribution in [2.75, 3.05) is 6.61 Å². The number of allylic oxidation sites excluding steroid dienone is 1. The molecule has 112 valence electrons. The average molecular weight is 282 g/mol. The van der Waals surface area contributed by atoms with Crippen LogP contribution < -0.4 is 0 Å². The summed E-state index contributed by atoms with van der Waals surface area (Å²) in [6, 6.07) is 1.23. The molecule has 0 heterocycles. The highest BCUT2D eigenvalue weighted by Gasteiger charge is 2.43. The van der Waals surface area contributed by atoms with E-state index in [1.165, 1.54) is 6.92 Å². The predicted molar refractivity (Wildman–Crippen MR) is 74.4 cm³/mol. The lowest BCUT2D eigenvalue weighted by molar-refractivity contribution is -0.519. The van der Waals surface area contributed by atoms with Crippen molar-refractivity contribution < 1.29 is 14.5 Å². The summed E-state index contributed by atoms with van der Waals surface area (Å²) in [5.41, 5.74) is -0.766. The van der Waals surface area contributed by atoms with Crippen LogP contribution in [0.1, 0.15) is 47.0 Å². The fraction of sp³-hybridized carbons (Fsp3) is 0.714. The van der Waals surface area contributed by atoms with Gasteiger partial charge in [-0.05, 0) is 32.3 Å². The number of nitrogens with zero attached hydrogens (tertiary/aromatic N) is 2. The second-order valence-electron chi connectivity index (χ2n) is 4.58. The van der Waals surface area contributed by atoms with Crippen LogP contribution in [0.15, 0.2) is 11.6 Å². The molecule has 0 aromatic rings. The molecule has 20 heavy (non-hydrogen) atoms. The Kier molecular flexibility index (Phi) is 7.52. The molecule has 0 bridgehead atoms. The Labute approximate surface area is 119 Å². The van der Waals surface area contributed by atoms with E-state index in [1.54, 1.807) is 19.9 Å². The number of nitro groups is 1. The van der Waals surface area contributed by atoms with E-state index in [0.29, 0.717) is 12.0 Å². The van der Waals surface area contributed by atoms with Crippen molar-refractivity contribution in [3.05, 3.63) is 21.8 Å². The van der Waals surface area contributed by atoms with Gasteiger partial charge in [0.05, 0.1) is 12.7 Å². The van der Waals surface area contributed by atoms with Crippen molar-refractivity contribution >= 4 is 5.97 Å². The number of ether oxygens (including phenoxy) is 1. The topological polar surface area (TPSA) is 93.2 Å². The second kappa shape index (κ2) is 8.31. The summed E-state index contributed by atoms with van der Waals surface area (Å²) >= 11 is 0. The van der Waals surface area contributed by atoms with E-state index in [4.69, 9.17) is 4.74 Å². The molecular weight excluding hydrogens is 260 g/mol. The predicted octanol–water partition coefficient (Wildman–Crippen LogP) is 2.86. The molecule has 0 amide bonds. The van der Waals surface area contributed by atoms with E-state index in [2.05, 4.69) is 0 Å². The molecule has 0 aliphatic rings. The Morgan fingerprint density at radius 3 is 2.50 bits per heavy atom. The molecule has 0 aliphatic carbocycles. The van der Waals surface area contributed by atoms with Gasteiger partial charge in [-0.2, -0.15) is 5.26 Å². The number of hydrogen-bond donors (Lipinski definition) is 0. The van der Waals surface area contributed by atoms with Crippen LogP contribution in [0.3, 0.4) is 0 Å². The third-order valence-electron chi connectivity index (χ3n) is 3.39. The van der Waals surface area contributed by atoms with Gasteiger partial charge in [-0.15, -0.1) is 0 Å². The van der Waals surface area contributed by atoms with Crippen molar-refractivity contribution in [2.45, 2.75) is 53.0 Å². The van der Waals surface area contributed by atoms with E-state index < -0.39 is 22.3 Å². The molecular formula is C14H22N2O4. The van der Waals surface area contributed by atoms with Gasteiger partial charge in [-0.25, -0.2) is 4.79 Å². The maximum Gasteiger partial charge on any atom is 0.330 e. The summed E-state index contributed by atoms with van der Waals surface area (Å²) in [6.45, 7) is 6.90. The minimum absolute atomic E-state index is 0.0952. The van der Waals surface area contributed by atoms with Gasteiger partial charge in [0.1, 0.15) is 0 Å². The summed E-state index contributed by atoms with van der Waals surface area (Å²) in [7, 11) is 0. The number of nitriles is 1. The average Bonchev–Trinajstić information content (AvgIpc) is 2.43. The van der Waals surface area contributed by atoms with Crippen LogP contribution in [0.4, 0.5) is 0 Å². The standard InChI is InChI=1S/C14H22N2O4/c1-5-12(6-2)14(10-15,13(17)20-7-3)9-8-11(4)16(18)19/h5,11H,6-9H2,1-4H3/b12-5+/t11-,14+/m0/s1. The van der Waals surface area contributed by atoms with E-state index >= 15 is 0 Å². The zero-order valence-electron chi connectivity index (χ0n) is 12.5. The fourth-order valence-corrected chi connectivity index (χ4v) is 2.10. The van der Waals surface area contributed by atoms with E-state index in [1.807, 2.05) is 13.0 Å². The molecule has 6 heteroatoms. The molecule has 0 N–H and O–H groups in total. The molecule has 0 aromatic heterocycles. The fourth-order valence-electron chi connectivity index (χ4n) is 2.10. The number of hydrogen-bond acceptors (Lipinski definition) is 5. The highest BCUT2D eigenvalue weighted by atomic mass is 16.6. The first-order valence-corrected chi connectivity index (χ1v) is 6.77. The van der Waals surface area contributed by atoms with Crippen molar-refractivity contribution in [2.24, 2.45) is 5.41 Å². The van der Waals surface area contributed by atoms with E-state index in [9.17, 15) is 20.2 Å². The molecule has 0 radical (unpaired) electrons. The summed E-state index contributed by atoms with van der Waals surface area (Å²) in [5, 5.41) is 20.2. The van der Waals surface area contributed by atoms with Crippen LogP contribution in [-0.2, 0) is 9.53 Å². The Balaban J connectivity index is 5.39. The van der Waals surface area contributed by atoms with Crippen LogP contribution in [0, 0.1) is 26.9 Å². The molecule has 0 spiro atoms. The summed E-state index contributed by atoms with van der Waals surface area (Å²) in [4.78, 5) is 22.5. The lowest BCUT2D eigenvalue weighted by Gasteiger charge is -2.27. The van der Waals surface area contributed by atoms with Crippen molar-refractivity contribution in [1.29, 1.82) is 5.26 Å². The second-order valence-corrected chi connectivity index (χ2v) is 4.58. The smallest absolute Gasteiger partial charge is 0.330 e. The van der Waals surface area contributed by atoms with Gasteiger partial charge in [0.2, 0.25) is 6.04 Å². The Bertz CT molecular complexity index is 425. The molecule has 0 unspecified atom stereocenters. The van der Waals surface area contributed by atoms with Crippen LogP contribution in [-0.4, -0.2) is 23.5 Å². The molecule has 6 nitrogen and oxygen atoms in total. The van der Waals surface area contributed by atoms with Gasteiger partial charge in [0, 0.05) is 18.3 Å². The van der Waals surface area contributed by atoms with Gasteiger partial charge in [0.25, 0.3) is 0 Å². The normalized spacial score (nSPS) is 15.8. The number of carbonyl (C=O) groups is 1.